The fourth-order valence-electron chi connectivity index (χ4n) is 2.76. The normalized spacial score (nSPS) is 10.7. The van der Waals surface area contributed by atoms with Crippen LogP contribution in [0.15, 0.2) is 41.2 Å². The van der Waals surface area contributed by atoms with E-state index in [-0.39, 0.29) is 17.2 Å². The van der Waals surface area contributed by atoms with Crippen molar-refractivity contribution in [2.45, 2.75) is 0 Å². The van der Waals surface area contributed by atoms with E-state index in [1.165, 1.54) is 11.3 Å². The summed E-state index contributed by atoms with van der Waals surface area (Å²) in [5.74, 6) is -0.154. The van der Waals surface area contributed by atoms with Crippen LogP contribution in [0, 0.1) is 11.3 Å². The van der Waals surface area contributed by atoms with Gasteiger partial charge in [-0.1, -0.05) is 6.07 Å². The predicted molar refractivity (Wildman–Crippen MR) is 104 cm³/mol. The lowest BCUT2D eigenvalue weighted by Crippen LogP contribution is -2.04. The summed E-state index contributed by atoms with van der Waals surface area (Å²) in [6.45, 7) is 0. The Bertz CT molecular complexity index is 1170. The van der Waals surface area contributed by atoms with Gasteiger partial charge >= 0.3 is 0 Å². The summed E-state index contributed by atoms with van der Waals surface area (Å²) >= 11 is 2.66. The number of nitriles is 1. The average molecular weight is 377 g/mol. The van der Waals surface area contributed by atoms with Gasteiger partial charge in [0.1, 0.15) is 32.9 Å². The predicted octanol–water partition coefficient (Wildman–Crippen LogP) is 3.69. The number of hydrogen-bond acceptors (Lipinski definition) is 8. The van der Waals surface area contributed by atoms with Gasteiger partial charge in [0.2, 0.25) is 5.78 Å². The maximum absolute atomic E-state index is 12.8. The molecule has 8 heteroatoms. The second kappa shape index (κ2) is 6.22. The Kier molecular flexibility index (Phi) is 3.88. The van der Waals surface area contributed by atoms with Crippen molar-refractivity contribution in [2.24, 2.45) is 0 Å². The minimum atomic E-state index is -0.278. The average Bonchev–Trinajstić information content (AvgIpc) is 3.29. The van der Waals surface area contributed by atoms with Crippen LogP contribution in [-0.4, -0.2) is 15.8 Å². The molecule has 4 N–H and O–H groups in total. The Labute approximate surface area is 156 Å². The summed E-state index contributed by atoms with van der Waals surface area (Å²) in [6.07, 6.45) is 1.55. The number of nitrogens with zero attached hydrogens (tertiary/aromatic N) is 3. The maximum atomic E-state index is 12.8. The van der Waals surface area contributed by atoms with Crippen LogP contribution in [-0.2, 0) is 0 Å². The smallest absolute Gasteiger partial charge is 0.223 e. The van der Waals surface area contributed by atoms with E-state index in [0.29, 0.717) is 32.0 Å². The largest absolute Gasteiger partial charge is 0.397 e. The molecule has 0 fully saturated rings. The van der Waals surface area contributed by atoms with Gasteiger partial charge in [0.15, 0.2) is 0 Å². The molecule has 0 spiro atoms. The second-order valence-electron chi connectivity index (χ2n) is 5.44. The highest BCUT2D eigenvalue weighted by atomic mass is 32.1. The van der Waals surface area contributed by atoms with Crippen molar-refractivity contribution in [1.29, 1.82) is 5.26 Å². The molecule has 0 amide bonds. The van der Waals surface area contributed by atoms with Gasteiger partial charge in [-0.15, -0.1) is 11.3 Å². The number of rotatable bonds is 3. The molecular formula is C18H11N5OS2. The molecule has 6 nitrogen and oxygen atoms in total. The quantitative estimate of drug-likeness (QED) is 0.526. The number of fused-ring (bicyclic) bond motifs is 1. The lowest BCUT2D eigenvalue weighted by atomic mass is 9.99. The first kappa shape index (κ1) is 16.2. The number of pyridine rings is 2. The number of carbonyl (C=O) groups is 1. The highest BCUT2D eigenvalue weighted by Crippen LogP contribution is 2.43. The van der Waals surface area contributed by atoms with Crippen LogP contribution in [0.2, 0.25) is 0 Å². The zero-order valence-corrected chi connectivity index (χ0v) is 14.9. The molecule has 0 atom stereocenters. The second-order valence-corrected chi connectivity index (χ2v) is 7.22. The van der Waals surface area contributed by atoms with E-state index in [0.717, 1.165) is 16.9 Å². The molecule has 4 aromatic rings. The van der Waals surface area contributed by atoms with Crippen LogP contribution in [0.4, 0.5) is 11.5 Å². The molecule has 0 saturated carbocycles. The fourth-order valence-corrected chi connectivity index (χ4v) is 4.47. The zero-order valence-electron chi connectivity index (χ0n) is 13.3. The van der Waals surface area contributed by atoms with Gasteiger partial charge in [-0.05, 0) is 34.5 Å². The number of aromatic nitrogens is 2. The van der Waals surface area contributed by atoms with Gasteiger partial charge in [0, 0.05) is 17.1 Å². The number of nitrogens with two attached hydrogens (primary N) is 2. The van der Waals surface area contributed by atoms with Crippen molar-refractivity contribution in [3.05, 3.63) is 57.4 Å². The van der Waals surface area contributed by atoms with E-state index in [1.54, 1.807) is 24.4 Å². The Morgan fingerprint density at radius 1 is 1.23 bits per heavy atom. The Morgan fingerprint density at radius 3 is 2.73 bits per heavy atom. The van der Waals surface area contributed by atoms with Crippen LogP contribution in [0.3, 0.4) is 0 Å². The molecule has 0 unspecified atom stereocenters. The van der Waals surface area contributed by atoms with Gasteiger partial charge in [0.25, 0.3) is 0 Å². The van der Waals surface area contributed by atoms with Crippen LogP contribution < -0.4 is 11.5 Å². The molecule has 26 heavy (non-hydrogen) atoms. The maximum Gasteiger partial charge on any atom is 0.223 e. The fraction of sp³-hybridized carbons (Fsp3) is 0. The van der Waals surface area contributed by atoms with Gasteiger partial charge < -0.3 is 11.5 Å². The molecule has 0 aliphatic carbocycles. The van der Waals surface area contributed by atoms with E-state index in [1.807, 2.05) is 16.8 Å². The number of ketones is 1. The summed E-state index contributed by atoms with van der Waals surface area (Å²) in [4.78, 5) is 22.1. The third-order valence-corrected chi connectivity index (χ3v) is 5.71. The van der Waals surface area contributed by atoms with Crippen molar-refractivity contribution in [2.75, 3.05) is 11.5 Å². The third kappa shape index (κ3) is 2.42. The van der Waals surface area contributed by atoms with Crippen molar-refractivity contribution in [1.82, 2.24) is 9.97 Å². The number of nitrogen functional groups attached to an aromatic ring is 2. The first-order valence-corrected chi connectivity index (χ1v) is 9.27. The first-order valence-electron chi connectivity index (χ1n) is 7.51. The summed E-state index contributed by atoms with van der Waals surface area (Å²) in [5.41, 5.74) is 14.6. The summed E-state index contributed by atoms with van der Waals surface area (Å²) < 4.78 is 0. The van der Waals surface area contributed by atoms with E-state index in [2.05, 4.69) is 16.0 Å². The number of hydrogen-bond donors (Lipinski definition) is 2. The number of carbonyl (C=O) groups excluding carboxylic acids is 1. The standard InChI is InChI=1S/C18H11N5OS2/c19-7-10-12(9-4-6-25-8-9)13-14(20)16(26-18(13)23-17(10)21)15(24)11-3-1-2-5-22-11/h1-6,8H,20H2,(H2,21,23). The lowest BCUT2D eigenvalue weighted by molar-refractivity contribution is 0.103. The molecule has 4 rings (SSSR count). The molecule has 0 aromatic carbocycles. The van der Waals surface area contributed by atoms with Gasteiger partial charge in [0.05, 0.1) is 5.69 Å². The molecule has 0 aliphatic heterocycles. The highest BCUT2D eigenvalue weighted by molar-refractivity contribution is 7.21. The Morgan fingerprint density at radius 2 is 2.08 bits per heavy atom. The van der Waals surface area contributed by atoms with E-state index in [9.17, 15) is 10.1 Å². The van der Waals surface area contributed by atoms with Crippen LogP contribution in [0.5, 0.6) is 0 Å². The van der Waals surface area contributed by atoms with Crippen molar-refractivity contribution < 1.29 is 4.79 Å². The van der Waals surface area contributed by atoms with Crippen molar-refractivity contribution in [3.63, 3.8) is 0 Å². The van der Waals surface area contributed by atoms with Crippen molar-refractivity contribution in [3.8, 4) is 17.2 Å². The Balaban J connectivity index is 2.04. The molecule has 4 aromatic heterocycles. The summed E-state index contributed by atoms with van der Waals surface area (Å²) in [7, 11) is 0. The van der Waals surface area contributed by atoms with E-state index >= 15 is 0 Å². The van der Waals surface area contributed by atoms with E-state index in [4.69, 9.17) is 11.5 Å². The van der Waals surface area contributed by atoms with Crippen LogP contribution in [0.1, 0.15) is 20.9 Å². The number of anilines is 2. The van der Waals surface area contributed by atoms with Gasteiger partial charge in [-0.25, -0.2) is 4.98 Å². The topological polar surface area (TPSA) is 119 Å². The molecule has 0 saturated heterocycles. The first-order chi connectivity index (χ1) is 12.6. The number of thiophene rings is 2. The van der Waals surface area contributed by atoms with Crippen LogP contribution in [0.25, 0.3) is 21.3 Å². The van der Waals surface area contributed by atoms with Crippen molar-refractivity contribution >= 4 is 50.2 Å². The van der Waals surface area contributed by atoms with Gasteiger partial charge in [-0.3, -0.25) is 9.78 Å². The molecular weight excluding hydrogens is 366 g/mol. The SMILES string of the molecule is N#Cc1c(N)nc2sc(C(=O)c3ccccn3)c(N)c2c1-c1ccsc1. The zero-order chi connectivity index (χ0) is 18.3. The summed E-state index contributed by atoms with van der Waals surface area (Å²) in [6, 6.07) is 9.11. The summed E-state index contributed by atoms with van der Waals surface area (Å²) in [5, 5.41) is 14.0. The third-order valence-electron chi connectivity index (χ3n) is 3.93. The lowest BCUT2D eigenvalue weighted by Gasteiger charge is -2.07. The van der Waals surface area contributed by atoms with Crippen LogP contribution >= 0.6 is 22.7 Å². The minimum absolute atomic E-state index is 0.124. The molecule has 0 aliphatic rings. The van der Waals surface area contributed by atoms with E-state index < -0.39 is 0 Å². The Hall–Kier alpha value is -3.28. The molecule has 0 bridgehead atoms. The monoisotopic (exact) mass is 377 g/mol. The van der Waals surface area contributed by atoms with Gasteiger partial charge in [-0.2, -0.15) is 16.6 Å². The minimum Gasteiger partial charge on any atom is -0.397 e. The molecule has 4 heterocycles. The molecule has 126 valence electrons. The highest BCUT2D eigenvalue weighted by Gasteiger charge is 2.25. The molecule has 0 radical (unpaired) electrons.